The van der Waals surface area contributed by atoms with Crippen molar-refractivity contribution in [2.75, 3.05) is 11.6 Å². The molecule has 0 unspecified atom stereocenters. The summed E-state index contributed by atoms with van der Waals surface area (Å²) in [5.74, 6) is 0.636. The second kappa shape index (κ2) is 8.33. The lowest BCUT2D eigenvalue weighted by molar-refractivity contribution is 0.103. The highest BCUT2D eigenvalue weighted by Gasteiger charge is 2.16. The Morgan fingerprint density at radius 2 is 1.80 bits per heavy atom. The molecule has 0 bridgehead atoms. The van der Waals surface area contributed by atoms with Gasteiger partial charge in [0.25, 0.3) is 5.91 Å². The van der Waals surface area contributed by atoms with Gasteiger partial charge in [-0.15, -0.1) is 11.3 Å². The molecule has 158 valence electrons. The van der Waals surface area contributed by atoms with Gasteiger partial charge in [-0.3, -0.25) is 4.79 Å². The molecule has 1 aromatic carbocycles. The molecule has 30 heavy (non-hydrogen) atoms. The van der Waals surface area contributed by atoms with E-state index in [2.05, 4.69) is 15.3 Å². The quantitative estimate of drug-likeness (QED) is 0.586. The van der Waals surface area contributed by atoms with E-state index in [9.17, 15) is 13.2 Å². The summed E-state index contributed by atoms with van der Waals surface area (Å²) in [6.45, 7) is 5.80. The van der Waals surface area contributed by atoms with Crippen molar-refractivity contribution in [1.82, 2.24) is 9.97 Å². The molecule has 0 spiro atoms. The first-order chi connectivity index (χ1) is 13.9. The van der Waals surface area contributed by atoms with Crippen molar-refractivity contribution < 1.29 is 17.9 Å². The van der Waals surface area contributed by atoms with Crippen molar-refractivity contribution in [3.63, 3.8) is 0 Å². The van der Waals surface area contributed by atoms with E-state index in [1.165, 1.54) is 29.5 Å². The molecule has 0 aliphatic rings. The largest absolute Gasteiger partial charge is 0.485 e. The minimum absolute atomic E-state index is 0.0307. The van der Waals surface area contributed by atoms with Crippen molar-refractivity contribution in [2.45, 2.75) is 31.3 Å². The van der Waals surface area contributed by atoms with E-state index in [4.69, 9.17) is 16.3 Å². The van der Waals surface area contributed by atoms with E-state index in [0.717, 1.165) is 6.26 Å². The summed E-state index contributed by atoms with van der Waals surface area (Å²) in [4.78, 5) is 21.6. The Morgan fingerprint density at radius 3 is 2.40 bits per heavy atom. The molecule has 0 fully saturated rings. The van der Waals surface area contributed by atoms with E-state index in [0.29, 0.717) is 27.7 Å². The summed E-state index contributed by atoms with van der Waals surface area (Å²) < 4.78 is 29.2. The number of rotatable bonds is 5. The van der Waals surface area contributed by atoms with Gasteiger partial charge in [0.2, 0.25) is 0 Å². The Balaban J connectivity index is 1.76. The summed E-state index contributed by atoms with van der Waals surface area (Å²) in [6, 6.07) is 5.85. The van der Waals surface area contributed by atoms with E-state index in [1.807, 2.05) is 20.8 Å². The molecule has 1 N–H and O–H groups in total. The topological polar surface area (TPSA) is 98.2 Å². The first kappa shape index (κ1) is 22.2. The fourth-order valence-electron chi connectivity index (χ4n) is 2.49. The number of carbonyl (C=O) groups is 1. The number of sulfone groups is 1. The number of carbonyl (C=O) groups excluding carboxylic acids is 1. The molecule has 0 aliphatic heterocycles. The van der Waals surface area contributed by atoms with E-state index >= 15 is 0 Å². The van der Waals surface area contributed by atoms with Gasteiger partial charge in [-0.1, -0.05) is 11.6 Å². The number of ether oxygens (including phenoxy) is 1. The number of thiophene rings is 1. The van der Waals surface area contributed by atoms with Gasteiger partial charge < -0.3 is 10.1 Å². The Bertz CT molecular complexity index is 1180. The highest BCUT2D eigenvalue weighted by molar-refractivity contribution is 7.90. The Morgan fingerprint density at radius 1 is 1.13 bits per heavy atom. The molecular weight excluding hydrogens is 446 g/mol. The average molecular weight is 466 g/mol. The highest BCUT2D eigenvalue weighted by atomic mass is 35.5. The van der Waals surface area contributed by atoms with Crippen LogP contribution >= 0.6 is 22.9 Å². The van der Waals surface area contributed by atoms with Gasteiger partial charge in [-0.05, 0) is 45.0 Å². The van der Waals surface area contributed by atoms with Gasteiger partial charge in [-0.2, -0.15) is 0 Å². The van der Waals surface area contributed by atoms with Crippen LogP contribution in [-0.2, 0) is 9.84 Å². The highest BCUT2D eigenvalue weighted by Crippen LogP contribution is 2.27. The molecule has 0 radical (unpaired) electrons. The third kappa shape index (κ3) is 5.78. The summed E-state index contributed by atoms with van der Waals surface area (Å²) >= 11 is 7.21. The van der Waals surface area contributed by atoms with Gasteiger partial charge in [0.15, 0.2) is 21.4 Å². The van der Waals surface area contributed by atoms with Crippen LogP contribution in [0.3, 0.4) is 0 Å². The van der Waals surface area contributed by atoms with Crippen molar-refractivity contribution in [3.8, 4) is 17.1 Å². The summed E-state index contributed by atoms with van der Waals surface area (Å²) in [5.41, 5.74) is 0.633. The Labute approximate surface area is 184 Å². The molecule has 0 saturated heterocycles. The van der Waals surface area contributed by atoms with Crippen LogP contribution in [0.2, 0.25) is 5.02 Å². The van der Waals surface area contributed by atoms with Crippen molar-refractivity contribution in [1.29, 1.82) is 0 Å². The molecule has 3 rings (SSSR count). The summed E-state index contributed by atoms with van der Waals surface area (Å²) in [6.07, 6.45) is 4.25. The first-order valence-electron chi connectivity index (χ1n) is 8.83. The molecule has 0 aliphatic carbocycles. The molecule has 10 heteroatoms. The average Bonchev–Trinajstić information content (AvgIpc) is 3.10. The lowest BCUT2D eigenvalue weighted by Gasteiger charge is -2.20. The number of amides is 1. The zero-order valence-electron chi connectivity index (χ0n) is 16.8. The van der Waals surface area contributed by atoms with Gasteiger partial charge >= 0.3 is 0 Å². The lowest BCUT2D eigenvalue weighted by atomic mass is 10.2. The number of nitrogens with zero attached hydrogens (tertiary/aromatic N) is 2. The van der Waals surface area contributed by atoms with Crippen molar-refractivity contribution in [2.24, 2.45) is 0 Å². The zero-order valence-corrected chi connectivity index (χ0v) is 19.2. The normalized spacial score (nSPS) is 11.9. The number of hydrogen-bond acceptors (Lipinski definition) is 7. The van der Waals surface area contributed by atoms with Crippen LogP contribution in [-0.4, -0.2) is 36.1 Å². The minimum Gasteiger partial charge on any atom is -0.485 e. The molecule has 0 atom stereocenters. The van der Waals surface area contributed by atoms with Crippen LogP contribution in [0.1, 0.15) is 30.4 Å². The van der Waals surface area contributed by atoms with Crippen LogP contribution in [0.5, 0.6) is 5.75 Å². The fourth-order valence-corrected chi connectivity index (χ4v) is 4.25. The zero-order chi connectivity index (χ0) is 22.1. The molecule has 2 heterocycles. The maximum atomic E-state index is 12.6. The number of anilines is 1. The van der Waals surface area contributed by atoms with E-state index in [1.54, 1.807) is 23.8 Å². The van der Waals surface area contributed by atoms with Gasteiger partial charge in [0.05, 0.1) is 22.2 Å². The fraction of sp³-hybridized carbons (Fsp3) is 0.250. The maximum absolute atomic E-state index is 12.6. The van der Waals surface area contributed by atoms with Crippen LogP contribution in [0.4, 0.5) is 5.69 Å². The molecule has 0 saturated carbocycles. The standard InChI is InChI=1S/C20H20ClN3O4S2/c1-20(2,3)28-15-9-22-18(23-10-15)12-5-17(29-11-12)19(25)24-14-6-13(21)7-16(8-14)30(4,26)27/h5-11H,1-4H3,(H,24,25). The smallest absolute Gasteiger partial charge is 0.265 e. The van der Waals surface area contributed by atoms with Crippen LogP contribution < -0.4 is 10.1 Å². The molecule has 3 aromatic rings. The number of nitrogens with one attached hydrogen (secondary N) is 1. The maximum Gasteiger partial charge on any atom is 0.265 e. The first-order valence-corrected chi connectivity index (χ1v) is 12.0. The molecule has 1 amide bonds. The van der Waals surface area contributed by atoms with Crippen molar-refractivity contribution >= 4 is 44.4 Å². The second-order valence-electron chi connectivity index (χ2n) is 7.56. The third-order valence-corrected chi connectivity index (χ3v) is 5.93. The van der Waals surface area contributed by atoms with Crippen LogP contribution in [0.15, 0.2) is 46.9 Å². The van der Waals surface area contributed by atoms with Crippen molar-refractivity contribution in [3.05, 3.63) is 51.9 Å². The van der Waals surface area contributed by atoms with Crippen LogP contribution in [0.25, 0.3) is 11.4 Å². The van der Waals surface area contributed by atoms with E-state index < -0.39 is 9.84 Å². The van der Waals surface area contributed by atoms with Gasteiger partial charge in [0, 0.05) is 27.9 Å². The third-order valence-electron chi connectivity index (χ3n) is 3.69. The van der Waals surface area contributed by atoms with Gasteiger partial charge in [-0.25, -0.2) is 18.4 Å². The predicted molar refractivity (Wildman–Crippen MR) is 118 cm³/mol. The Hall–Kier alpha value is -2.49. The lowest BCUT2D eigenvalue weighted by Crippen LogP contribution is -2.23. The summed E-state index contributed by atoms with van der Waals surface area (Å²) in [7, 11) is -3.46. The van der Waals surface area contributed by atoms with E-state index in [-0.39, 0.29) is 21.4 Å². The minimum atomic E-state index is -3.46. The number of benzene rings is 1. The number of halogens is 1. The number of hydrogen-bond donors (Lipinski definition) is 1. The van der Waals surface area contributed by atoms with Gasteiger partial charge in [0.1, 0.15) is 5.60 Å². The molecular formula is C20H20ClN3O4S2. The molecule has 2 aromatic heterocycles. The summed E-state index contributed by atoms with van der Waals surface area (Å²) in [5, 5.41) is 4.66. The Kier molecular flexibility index (Phi) is 6.16. The second-order valence-corrected chi connectivity index (χ2v) is 10.9. The predicted octanol–water partition coefficient (Wildman–Crippen LogP) is 4.69. The molecule has 7 nitrogen and oxygen atoms in total. The number of aromatic nitrogens is 2. The van der Waals surface area contributed by atoms with Crippen LogP contribution in [0, 0.1) is 0 Å². The monoisotopic (exact) mass is 465 g/mol. The SMILES string of the molecule is CC(C)(C)Oc1cnc(-c2csc(C(=O)Nc3cc(Cl)cc(S(C)(=O)=O)c3)c2)nc1.